The predicted molar refractivity (Wildman–Crippen MR) is 251 cm³/mol. The zero-order chi connectivity index (χ0) is 40.1. The highest BCUT2D eigenvalue weighted by molar-refractivity contribution is 7.00. The van der Waals surface area contributed by atoms with E-state index in [4.69, 9.17) is 0 Å². The van der Waals surface area contributed by atoms with E-state index >= 15 is 0 Å². The molecular weight excluding hydrogens is 725 g/mol. The second-order valence-corrected chi connectivity index (χ2v) is 19.2. The molecular formula is C56H50BN3. The van der Waals surface area contributed by atoms with E-state index in [0.717, 1.165) is 25.7 Å². The Balaban J connectivity index is 1.17. The molecule has 4 unspecified atom stereocenters. The lowest BCUT2D eigenvalue weighted by Crippen LogP contribution is -2.65. The van der Waals surface area contributed by atoms with Crippen LogP contribution in [-0.2, 0) is 17.4 Å². The molecule has 292 valence electrons. The molecule has 0 spiro atoms. The van der Waals surface area contributed by atoms with Crippen molar-refractivity contribution in [1.29, 1.82) is 0 Å². The lowest BCUT2D eigenvalue weighted by atomic mass is 9.33. The number of benzene rings is 7. The molecule has 0 saturated heterocycles. The van der Waals surface area contributed by atoms with Gasteiger partial charge in [0.05, 0.1) is 11.1 Å². The Labute approximate surface area is 355 Å². The number of nitrogens with zero attached hydrogens (tertiary/aromatic N) is 3. The van der Waals surface area contributed by atoms with E-state index < -0.39 is 0 Å². The van der Waals surface area contributed by atoms with E-state index in [-0.39, 0.29) is 23.2 Å². The van der Waals surface area contributed by atoms with Gasteiger partial charge in [-0.1, -0.05) is 128 Å². The van der Waals surface area contributed by atoms with Gasteiger partial charge in [0, 0.05) is 51.1 Å². The van der Waals surface area contributed by atoms with Crippen molar-refractivity contribution in [2.75, 3.05) is 14.7 Å². The Morgan fingerprint density at radius 1 is 0.567 bits per heavy atom. The first-order chi connectivity index (χ1) is 29.3. The molecule has 60 heavy (non-hydrogen) atoms. The van der Waals surface area contributed by atoms with E-state index in [1.165, 1.54) is 108 Å². The van der Waals surface area contributed by atoms with E-state index in [2.05, 4.69) is 194 Å². The van der Waals surface area contributed by atoms with Crippen molar-refractivity contribution in [2.24, 2.45) is 0 Å². The van der Waals surface area contributed by atoms with E-state index in [0.29, 0.717) is 5.92 Å². The number of rotatable bonds is 3. The molecule has 4 heteroatoms. The number of hydrogen-bond donors (Lipinski definition) is 0. The zero-order valence-electron chi connectivity index (χ0n) is 35.2. The first-order valence-electron chi connectivity index (χ1n) is 22.4. The quantitative estimate of drug-likeness (QED) is 0.166. The molecule has 0 bridgehead atoms. The minimum absolute atomic E-state index is 0.105. The van der Waals surface area contributed by atoms with Gasteiger partial charge in [0.25, 0.3) is 6.71 Å². The van der Waals surface area contributed by atoms with Crippen molar-refractivity contribution in [1.82, 2.24) is 0 Å². The number of para-hydroxylation sites is 2. The second kappa shape index (κ2) is 12.1. The van der Waals surface area contributed by atoms with Crippen molar-refractivity contribution in [3.8, 4) is 0 Å². The second-order valence-electron chi connectivity index (χ2n) is 19.2. The molecule has 3 nitrogen and oxygen atoms in total. The van der Waals surface area contributed by atoms with Gasteiger partial charge in [-0.25, -0.2) is 0 Å². The molecule has 0 amide bonds. The third-order valence-corrected chi connectivity index (χ3v) is 16.3. The van der Waals surface area contributed by atoms with Crippen molar-refractivity contribution in [2.45, 2.75) is 88.6 Å². The summed E-state index contributed by atoms with van der Waals surface area (Å²) in [5.74, 6) is 0.390. The Bertz CT molecular complexity index is 2950. The summed E-state index contributed by atoms with van der Waals surface area (Å²) in [6.07, 6.45) is 7.00. The minimum atomic E-state index is -0.249. The van der Waals surface area contributed by atoms with Crippen molar-refractivity contribution in [3.05, 3.63) is 191 Å². The normalized spacial score (nSPS) is 24.8. The fourth-order valence-corrected chi connectivity index (χ4v) is 14.0. The first kappa shape index (κ1) is 34.8. The highest BCUT2D eigenvalue weighted by Gasteiger charge is 2.64. The lowest BCUT2D eigenvalue weighted by Gasteiger charge is -2.54. The molecule has 0 N–H and O–H groups in total. The van der Waals surface area contributed by atoms with Crippen LogP contribution in [0.25, 0.3) is 0 Å². The topological polar surface area (TPSA) is 9.72 Å². The van der Waals surface area contributed by atoms with Crippen LogP contribution in [0.1, 0.15) is 90.8 Å². The highest BCUT2D eigenvalue weighted by atomic mass is 15.3. The summed E-state index contributed by atoms with van der Waals surface area (Å²) in [4.78, 5) is 8.32. The summed E-state index contributed by atoms with van der Waals surface area (Å²) in [5.41, 5.74) is 23.0. The summed E-state index contributed by atoms with van der Waals surface area (Å²) in [6, 6.07) is 59.3. The summed E-state index contributed by atoms with van der Waals surface area (Å²) in [6.45, 7) is 9.77. The first-order valence-corrected chi connectivity index (χ1v) is 22.4. The molecule has 4 atom stereocenters. The zero-order valence-corrected chi connectivity index (χ0v) is 35.2. The lowest BCUT2D eigenvalue weighted by molar-refractivity contribution is 0.215. The van der Waals surface area contributed by atoms with Crippen LogP contribution in [0.2, 0.25) is 0 Å². The average molecular weight is 776 g/mol. The fourth-order valence-electron chi connectivity index (χ4n) is 14.0. The van der Waals surface area contributed by atoms with Crippen LogP contribution in [0.4, 0.5) is 39.8 Å². The maximum Gasteiger partial charge on any atom is 0.252 e. The maximum absolute atomic E-state index is 2.91. The fraction of sp³-hybridized carbons (Fsp3) is 0.250. The van der Waals surface area contributed by atoms with E-state index in [1.54, 1.807) is 0 Å². The van der Waals surface area contributed by atoms with Gasteiger partial charge < -0.3 is 14.7 Å². The van der Waals surface area contributed by atoms with Gasteiger partial charge in [-0.3, -0.25) is 0 Å². The molecule has 2 aliphatic carbocycles. The maximum atomic E-state index is 2.91. The Morgan fingerprint density at radius 2 is 1.32 bits per heavy atom. The van der Waals surface area contributed by atoms with Crippen LogP contribution >= 0.6 is 0 Å². The average Bonchev–Trinajstić information content (AvgIpc) is 3.69. The molecule has 1 saturated carbocycles. The van der Waals surface area contributed by atoms with E-state index in [1.807, 2.05) is 0 Å². The highest BCUT2D eigenvalue weighted by Crippen LogP contribution is 2.66. The number of aryl methyl sites for hydroxylation is 3. The number of fused-ring (bicyclic) bond motifs is 12. The van der Waals surface area contributed by atoms with Crippen LogP contribution < -0.4 is 31.1 Å². The third-order valence-electron chi connectivity index (χ3n) is 16.3. The van der Waals surface area contributed by atoms with Gasteiger partial charge in [0.15, 0.2) is 0 Å². The van der Waals surface area contributed by atoms with Gasteiger partial charge in [-0.15, -0.1) is 0 Å². The standard InChI is InChI=1S/C56H50BN3/c1-36-16-14-20-40(32-36)58-49-33-37(2)26-29-46(49)57-47-24-15-23-45-53(47)60(54(3)30-12-13-31-56(45,54)39-18-6-5-7-19-39)51-35-41(34-50(58)52(51)57)59-48-25-11-9-21-42(48)44-28-27-38-17-8-10-22-43(38)55(44,59)4/h5-11,14-26,29,32-35,44H,12-13,27-28,30-31H2,1-4H3. The Kier molecular flexibility index (Phi) is 7.00. The van der Waals surface area contributed by atoms with Crippen LogP contribution in [-0.4, -0.2) is 12.3 Å². The molecule has 1 fully saturated rings. The summed E-state index contributed by atoms with van der Waals surface area (Å²) in [7, 11) is 0. The largest absolute Gasteiger partial charge is 0.335 e. The smallest absolute Gasteiger partial charge is 0.252 e. The molecule has 4 heterocycles. The molecule has 7 aromatic carbocycles. The van der Waals surface area contributed by atoms with Crippen LogP contribution in [0.3, 0.4) is 0 Å². The minimum Gasteiger partial charge on any atom is -0.335 e. The van der Waals surface area contributed by atoms with Crippen molar-refractivity contribution < 1.29 is 0 Å². The monoisotopic (exact) mass is 775 g/mol. The summed E-state index contributed by atoms with van der Waals surface area (Å²) in [5, 5.41) is 0. The van der Waals surface area contributed by atoms with Crippen molar-refractivity contribution in [3.63, 3.8) is 0 Å². The van der Waals surface area contributed by atoms with Gasteiger partial charge in [-0.05, 0) is 145 Å². The van der Waals surface area contributed by atoms with Crippen LogP contribution in [0.15, 0.2) is 152 Å². The summed E-state index contributed by atoms with van der Waals surface area (Å²) >= 11 is 0. The van der Waals surface area contributed by atoms with Crippen LogP contribution in [0.5, 0.6) is 0 Å². The molecule has 7 aromatic rings. The van der Waals surface area contributed by atoms with E-state index in [9.17, 15) is 0 Å². The van der Waals surface area contributed by atoms with Crippen molar-refractivity contribution >= 4 is 62.9 Å². The SMILES string of the molecule is Cc1cccc(N2c3cc(C)ccc3B3c4cccc5c4N(c4cc(N6c7ccccc7C7CCc8ccccc8C76C)cc2c43)C2(C)CCCCC52c2ccccc2)c1. The molecule has 0 aromatic heterocycles. The molecule has 13 rings (SSSR count). The van der Waals surface area contributed by atoms with Gasteiger partial charge in [0.2, 0.25) is 0 Å². The van der Waals surface area contributed by atoms with Gasteiger partial charge in [-0.2, -0.15) is 0 Å². The van der Waals surface area contributed by atoms with Crippen LogP contribution in [0, 0.1) is 13.8 Å². The van der Waals surface area contributed by atoms with Gasteiger partial charge in [0.1, 0.15) is 0 Å². The van der Waals surface area contributed by atoms with Gasteiger partial charge >= 0.3 is 0 Å². The molecule has 6 aliphatic rings. The Morgan fingerprint density at radius 3 is 2.20 bits per heavy atom. The molecule has 0 radical (unpaired) electrons. The molecule has 4 aliphatic heterocycles. The predicted octanol–water partition coefficient (Wildman–Crippen LogP) is 11.8. The Hall–Kier alpha value is -6.00. The number of hydrogen-bond acceptors (Lipinski definition) is 3. The summed E-state index contributed by atoms with van der Waals surface area (Å²) < 4.78 is 0. The third kappa shape index (κ3) is 4.18. The number of anilines is 7.